The van der Waals surface area contributed by atoms with Crippen LogP contribution in [0.25, 0.3) is 0 Å². The van der Waals surface area contributed by atoms with Gasteiger partial charge in [-0.15, -0.1) is 0 Å². The van der Waals surface area contributed by atoms with E-state index < -0.39 is 11.0 Å². The summed E-state index contributed by atoms with van der Waals surface area (Å²) < 4.78 is 12.6. The summed E-state index contributed by atoms with van der Waals surface area (Å²) in [4.78, 5) is 21.2. The number of nitrogens with zero attached hydrogens (tertiary/aromatic N) is 1. The van der Waals surface area contributed by atoms with Crippen molar-refractivity contribution in [2.24, 2.45) is 0 Å². The van der Waals surface area contributed by atoms with E-state index in [4.69, 9.17) is 8.92 Å². The van der Waals surface area contributed by atoms with Crippen molar-refractivity contribution in [2.45, 2.75) is 19.1 Å². The van der Waals surface area contributed by atoms with Gasteiger partial charge >= 0.3 is 11.7 Å². The van der Waals surface area contributed by atoms with E-state index in [-0.39, 0.29) is 23.5 Å². The van der Waals surface area contributed by atoms with E-state index in [1.54, 1.807) is 19.1 Å². The second kappa shape index (κ2) is 5.23. The van der Waals surface area contributed by atoms with Crippen molar-refractivity contribution in [1.82, 2.24) is 4.72 Å². The predicted octanol–water partition coefficient (Wildman–Crippen LogP) is 1.44. The second-order valence-electron chi connectivity index (χ2n) is 3.63. The zero-order valence-electron chi connectivity index (χ0n) is 9.36. The highest BCUT2D eigenvalue weighted by Gasteiger charge is 2.39. The molecule has 1 aromatic carbocycles. The molecular weight excluding hydrogens is 260 g/mol. The number of cyclic esters (lactones) is 1. The summed E-state index contributed by atoms with van der Waals surface area (Å²) in [6.07, 6.45) is -0.223. The molecule has 1 aliphatic heterocycles. The molecule has 2 atom stereocenters. The first-order valence-corrected chi connectivity index (χ1v) is 5.86. The summed E-state index contributed by atoms with van der Waals surface area (Å²) >= 11 is 0.774. The first-order valence-electron chi connectivity index (χ1n) is 5.12. The van der Waals surface area contributed by atoms with Crippen LogP contribution in [0, 0.1) is 10.1 Å². The first-order chi connectivity index (χ1) is 8.59. The molecule has 0 spiro atoms. The van der Waals surface area contributed by atoms with E-state index in [2.05, 4.69) is 4.72 Å². The molecule has 1 N–H and O–H groups in total. The number of para-hydroxylation sites is 2. The third-order valence-electron chi connectivity index (χ3n) is 2.39. The highest BCUT2D eigenvalue weighted by molar-refractivity contribution is 7.93. The molecule has 8 heteroatoms. The van der Waals surface area contributed by atoms with Crippen LogP contribution in [0.3, 0.4) is 0 Å². The van der Waals surface area contributed by atoms with Gasteiger partial charge in [-0.05, 0) is 13.0 Å². The maximum atomic E-state index is 11.0. The lowest BCUT2D eigenvalue weighted by molar-refractivity contribution is -0.385. The molecule has 0 unspecified atom stereocenters. The predicted molar refractivity (Wildman–Crippen MR) is 63.8 cm³/mol. The van der Waals surface area contributed by atoms with Crippen molar-refractivity contribution < 1.29 is 18.6 Å². The molecule has 0 bridgehead atoms. The quantitative estimate of drug-likeness (QED) is 0.284. The zero-order chi connectivity index (χ0) is 13.1. The Morgan fingerprint density at radius 1 is 1.50 bits per heavy atom. The number of esters is 1. The number of ether oxygens (including phenoxy) is 1. The van der Waals surface area contributed by atoms with Crippen molar-refractivity contribution in [1.29, 1.82) is 0 Å². The topological polar surface area (TPSA) is 90.7 Å². The molecular formula is C10H10N2O5S. The van der Waals surface area contributed by atoms with Gasteiger partial charge in [0, 0.05) is 6.07 Å². The summed E-state index contributed by atoms with van der Waals surface area (Å²) in [6, 6.07) is 5.56. The lowest BCUT2D eigenvalue weighted by atomic mass is 10.1. The third-order valence-corrected chi connectivity index (χ3v) is 3.01. The third kappa shape index (κ3) is 2.54. The fourth-order valence-corrected chi connectivity index (χ4v) is 2.06. The number of nitro benzene ring substituents is 1. The summed E-state index contributed by atoms with van der Waals surface area (Å²) in [7, 11) is 0. The smallest absolute Gasteiger partial charge is 0.328 e. The first kappa shape index (κ1) is 12.7. The van der Waals surface area contributed by atoms with Crippen LogP contribution in [0.15, 0.2) is 24.3 Å². The molecule has 1 saturated heterocycles. The van der Waals surface area contributed by atoms with Gasteiger partial charge < -0.3 is 8.92 Å². The van der Waals surface area contributed by atoms with Crippen LogP contribution in [0.2, 0.25) is 0 Å². The summed E-state index contributed by atoms with van der Waals surface area (Å²) in [5.74, 6) is -0.235. The average molecular weight is 270 g/mol. The van der Waals surface area contributed by atoms with Gasteiger partial charge in [-0.2, -0.15) is 0 Å². The van der Waals surface area contributed by atoms with Crippen LogP contribution < -0.4 is 8.91 Å². The van der Waals surface area contributed by atoms with Gasteiger partial charge in [-0.1, -0.05) is 12.1 Å². The molecule has 0 saturated carbocycles. The lowest BCUT2D eigenvalue weighted by Crippen LogP contribution is -2.55. The standard InChI is InChI=1S/C10H10N2O5S/c1-6-9(10(13)16-6)11-18-17-8-5-3-2-4-7(8)12(14)15/h2-6,9,11H,1H3/t6-,9-/m0/s1. The highest BCUT2D eigenvalue weighted by Crippen LogP contribution is 2.28. The molecule has 1 aliphatic rings. The Morgan fingerprint density at radius 3 is 2.83 bits per heavy atom. The van der Waals surface area contributed by atoms with Gasteiger partial charge in [0.2, 0.25) is 5.75 Å². The minimum Gasteiger partial charge on any atom is -0.459 e. The van der Waals surface area contributed by atoms with Gasteiger partial charge in [-0.25, -0.2) is 4.72 Å². The molecule has 2 rings (SSSR count). The lowest BCUT2D eigenvalue weighted by Gasteiger charge is -2.31. The Bertz CT molecular complexity index is 481. The Kier molecular flexibility index (Phi) is 3.68. The van der Waals surface area contributed by atoms with E-state index in [9.17, 15) is 14.9 Å². The van der Waals surface area contributed by atoms with Gasteiger partial charge in [-0.3, -0.25) is 14.9 Å². The number of nitrogens with one attached hydrogen (secondary N) is 1. The normalized spacial score (nSPS) is 21.9. The van der Waals surface area contributed by atoms with Crippen LogP contribution >= 0.6 is 12.2 Å². The van der Waals surface area contributed by atoms with E-state index in [1.165, 1.54) is 12.1 Å². The van der Waals surface area contributed by atoms with Gasteiger partial charge in [0.25, 0.3) is 0 Å². The van der Waals surface area contributed by atoms with Crippen LogP contribution in [-0.2, 0) is 9.53 Å². The molecule has 1 fully saturated rings. The number of hydrogen-bond donors (Lipinski definition) is 1. The van der Waals surface area contributed by atoms with Crippen LogP contribution in [-0.4, -0.2) is 23.0 Å². The number of carbonyl (C=O) groups is 1. The maximum Gasteiger partial charge on any atom is 0.328 e. The molecule has 96 valence electrons. The fraction of sp³-hybridized carbons (Fsp3) is 0.300. The van der Waals surface area contributed by atoms with E-state index >= 15 is 0 Å². The largest absolute Gasteiger partial charge is 0.459 e. The minimum absolute atomic E-state index is 0.125. The molecule has 18 heavy (non-hydrogen) atoms. The van der Waals surface area contributed by atoms with Crippen LogP contribution in [0.4, 0.5) is 5.69 Å². The van der Waals surface area contributed by atoms with Crippen molar-refractivity contribution in [3.8, 4) is 5.75 Å². The minimum atomic E-state index is -0.532. The Labute approximate surface area is 107 Å². The van der Waals surface area contributed by atoms with Crippen molar-refractivity contribution in [3.63, 3.8) is 0 Å². The van der Waals surface area contributed by atoms with Gasteiger partial charge in [0.15, 0.2) is 6.04 Å². The average Bonchev–Trinajstić information content (AvgIpc) is 2.35. The highest BCUT2D eigenvalue weighted by atomic mass is 32.2. The molecule has 7 nitrogen and oxygen atoms in total. The number of hydrogen-bond acceptors (Lipinski definition) is 7. The molecule has 1 heterocycles. The SMILES string of the molecule is C[C@@H]1OC(=O)[C@H]1NSOc1ccccc1[N+](=O)[O-]. The van der Waals surface area contributed by atoms with Crippen LogP contribution in [0.1, 0.15) is 6.92 Å². The van der Waals surface area contributed by atoms with Crippen LogP contribution in [0.5, 0.6) is 5.75 Å². The number of nitro groups is 1. The molecule has 1 aromatic rings. The molecule has 0 aliphatic carbocycles. The van der Waals surface area contributed by atoms with Gasteiger partial charge in [0.1, 0.15) is 18.3 Å². The number of carbonyl (C=O) groups excluding carboxylic acids is 1. The monoisotopic (exact) mass is 270 g/mol. The molecule has 0 radical (unpaired) electrons. The maximum absolute atomic E-state index is 11.0. The molecule has 0 aromatic heterocycles. The van der Waals surface area contributed by atoms with Crippen molar-refractivity contribution >= 4 is 23.9 Å². The second-order valence-corrected chi connectivity index (χ2v) is 4.20. The summed E-state index contributed by atoms with van der Waals surface area (Å²) in [6.45, 7) is 1.74. The van der Waals surface area contributed by atoms with Crippen molar-refractivity contribution in [2.75, 3.05) is 0 Å². The summed E-state index contributed by atoms with van der Waals surface area (Å²) in [5.41, 5.74) is -0.129. The van der Waals surface area contributed by atoms with E-state index in [1.807, 2.05) is 0 Å². The van der Waals surface area contributed by atoms with Crippen molar-refractivity contribution in [3.05, 3.63) is 34.4 Å². The zero-order valence-corrected chi connectivity index (χ0v) is 10.2. The Balaban J connectivity index is 1.90. The Hall–Kier alpha value is -1.80. The summed E-state index contributed by atoms with van der Waals surface area (Å²) in [5, 5.41) is 10.7. The van der Waals surface area contributed by atoms with Gasteiger partial charge in [0.05, 0.1) is 4.92 Å². The Morgan fingerprint density at radius 2 is 2.22 bits per heavy atom. The van der Waals surface area contributed by atoms with E-state index in [0.29, 0.717) is 0 Å². The number of benzene rings is 1. The molecule has 0 amide bonds. The fourth-order valence-electron chi connectivity index (χ4n) is 1.39. The van der Waals surface area contributed by atoms with E-state index in [0.717, 1.165) is 12.2 Å². The number of rotatable bonds is 5.